The van der Waals surface area contributed by atoms with E-state index in [1.807, 2.05) is 19.9 Å². The van der Waals surface area contributed by atoms with Gasteiger partial charge in [-0.05, 0) is 25.8 Å². The number of fused-ring (bicyclic) bond motifs is 1. The minimum absolute atomic E-state index is 0.0387. The molecular formula is C17H20F3NO2. The third-order valence-electron chi connectivity index (χ3n) is 4.95. The first-order valence-corrected chi connectivity index (χ1v) is 7.94. The van der Waals surface area contributed by atoms with E-state index in [0.717, 1.165) is 5.56 Å². The molecule has 1 aromatic carbocycles. The summed E-state index contributed by atoms with van der Waals surface area (Å²) in [7, 11) is 0. The second-order valence-electron chi connectivity index (χ2n) is 6.47. The number of rotatable bonds is 1. The summed E-state index contributed by atoms with van der Waals surface area (Å²) in [6.07, 6.45) is -3.83. The van der Waals surface area contributed by atoms with E-state index in [2.05, 4.69) is 0 Å². The Morgan fingerprint density at radius 3 is 2.74 bits per heavy atom. The van der Waals surface area contributed by atoms with Crippen molar-refractivity contribution < 1.29 is 22.7 Å². The molecule has 0 radical (unpaired) electrons. The summed E-state index contributed by atoms with van der Waals surface area (Å²) in [6, 6.07) is 5.33. The number of para-hydroxylation sites is 1. The fourth-order valence-corrected chi connectivity index (χ4v) is 3.35. The Bertz CT molecular complexity index is 614. The molecule has 3 nitrogen and oxygen atoms in total. The Hall–Kier alpha value is -1.72. The fourth-order valence-electron chi connectivity index (χ4n) is 3.35. The van der Waals surface area contributed by atoms with Crippen LogP contribution in [0.4, 0.5) is 13.2 Å². The summed E-state index contributed by atoms with van der Waals surface area (Å²) < 4.78 is 44.6. The van der Waals surface area contributed by atoms with E-state index >= 15 is 0 Å². The number of ether oxygens (including phenoxy) is 1. The van der Waals surface area contributed by atoms with E-state index < -0.39 is 12.1 Å². The van der Waals surface area contributed by atoms with Crippen LogP contribution in [0.25, 0.3) is 0 Å². The van der Waals surface area contributed by atoms with Gasteiger partial charge >= 0.3 is 6.18 Å². The average Bonchev–Trinajstić information content (AvgIpc) is 2.81. The molecule has 3 unspecified atom stereocenters. The van der Waals surface area contributed by atoms with Crippen LogP contribution in [-0.4, -0.2) is 36.2 Å². The molecule has 2 aliphatic heterocycles. The van der Waals surface area contributed by atoms with Gasteiger partial charge in [-0.3, -0.25) is 4.79 Å². The predicted octanol–water partition coefficient (Wildman–Crippen LogP) is 3.99. The van der Waals surface area contributed by atoms with Gasteiger partial charge in [0.1, 0.15) is 11.9 Å². The van der Waals surface area contributed by atoms with Gasteiger partial charge in [0, 0.05) is 24.6 Å². The van der Waals surface area contributed by atoms with Crippen LogP contribution in [0.1, 0.15) is 48.5 Å². The van der Waals surface area contributed by atoms with Crippen molar-refractivity contribution in [1.82, 2.24) is 4.90 Å². The number of piperidine rings is 1. The molecule has 0 saturated carbocycles. The molecule has 6 heteroatoms. The standard InChI is InChI=1S/C17H20F3NO2/c1-10-11(2)23-15-13(10)6-3-7-14(15)16(22)21-8-4-5-12(9-21)17(18,19)20/h3,6-7,10-12H,4-5,8-9H2,1-2H3. The van der Waals surface area contributed by atoms with Crippen molar-refractivity contribution in [2.75, 3.05) is 13.1 Å². The Morgan fingerprint density at radius 1 is 1.30 bits per heavy atom. The summed E-state index contributed by atoms with van der Waals surface area (Å²) in [6.45, 7) is 4.04. The van der Waals surface area contributed by atoms with Gasteiger partial charge in [0.05, 0.1) is 11.5 Å². The van der Waals surface area contributed by atoms with Crippen LogP contribution < -0.4 is 4.74 Å². The maximum atomic E-state index is 12.9. The molecule has 0 aromatic heterocycles. The Labute approximate surface area is 133 Å². The lowest BCUT2D eigenvalue weighted by molar-refractivity contribution is -0.184. The molecule has 1 fully saturated rings. The number of hydrogen-bond donors (Lipinski definition) is 0. The molecule has 1 aromatic rings. The van der Waals surface area contributed by atoms with Crippen molar-refractivity contribution in [2.24, 2.45) is 5.92 Å². The van der Waals surface area contributed by atoms with Crippen molar-refractivity contribution in [3.8, 4) is 5.75 Å². The second kappa shape index (κ2) is 5.73. The molecule has 2 aliphatic rings. The van der Waals surface area contributed by atoms with Crippen molar-refractivity contribution in [3.63, 3.8) is 0 Å². The SMILES string of the molecule is CC1Oc2c(C(=O)N3CCCC(C(F)(F)F)C3)cccc2C1C. The maximum absolute atomic E-state index is 12.9. The minimum atomic E-state index is -4.25. The van der Waals surface area contributed by atoms with E-state index in [9.17, 15) is 18.0 Å². The summed E-state index contributed by atoms with van der Waals surface area (Å²) in [5, 5.41) is 0. The van der Waals surface area contributed by atoms with E-state index in [4.69, 9.17) is 4.74 Å². The van der Waals surface area contributed by atoms with Crippen molar-refractivity contribution in [2.45, 2.75) is 44.9 Å². The summed E-state index contributed by atoms with van der Waals surface area (Å²) in [5.41, 5.74) is 1.33. The number of benzene rings is 1. The highest BCUT2D eigenvalue weighted by atomic mass is 19.4. The highest BCUT2D eigenvalue weighted by molar-refractivity contribution is 5.97. The number of hydrogen-bond acceptors (Lipinski definition) is 2. The number of carbonyl (C=O) groups is 1. The van der Waals surface area contributed by atoms with Crippen LogP contribution in [0, 0.1) is 5.92 Å². The van der Waals surface area contributed by atoms with Crippen molar-refractivity contribution in [3.05, 3.63) is 29.3 Å². The molecule has 0 N–H and O–H groups in total. The predicted molar refractivity (Wildman–Crippen MR) is 79.6 cm³/mol. The maximum Gasteiger partial charge on any atom is 0.393 e. The molecule has 3 atom stereocenters. The molecule has 1 saturated heterocycles. The van der Waals surface area contributed by atoms with Gasteiger partial charge in [0.15, 0.2) is 0 Å². The van der Waals surface area contributed by atoms with Crippen LogP contribution in [0.15, 0.2) is 18.2 Å². The molecule has 23 heavy (non-hydrogen) atoms. The van der Waals surface area contributed by atoms with E-state index in [-0.39, 0.29) is 30.9 Å². The molecule has 0 aliphatic carbocycles. The van der Waals surface area contributed by atoms with Gasteiger partial charge in [-0.1, -0.05) is 19.1 Å². The first-order chi connectivity index (χ1) is 10.8. The van der Waals surface area contributed by atoms with Gasteiger partial charge in [0.2, 0.25) is 0 Å². The van der Waals surface area contributed by atoms with Crippen LogP contribution in [0.3, 0.4) is 0 Å². The molecule has 2 heterocycles. The Morgan fingerprint density at radius 2 is 2.04 bits per heavy atom. The third kappa shape index (κ3) is 2.91. The monoisotopic (exact) mass is 327 g/mol. The van der Waals surface area contributed by atoms with Gasteiger partial charge in [-0.2, -0.15) is 13.2 Å². The topological polar surface area (TPSA) is 29.5 Å². The van der Waals surface area contributed by atoms with Gasteiger partial charge in [0.25, 0.3) is 5.91 Å². The zero-order chi connectivity index (χ0) is 16.8. The molecule has 126 valence electrons. The lowest BCUT2D eigenvalue weighted by atomic mass is 9.95. The second-order valence-corrected chi connectivity index (χ2v) is 6.47. The number of alkyl halides is 3. The van der Waals surface area contributed by atoms with Crippen LogP contribution in [0.5, 0.6) is 5.75 Å². The summed E-state index contributed by atoms with van der Waals surface area (Å²) in [4.78, 5) is 14.0. The Balaban J connectivity index is 1.85. The number of halogens is 3. The first-order valence-electron chi connectivity index (χ1n) is 7.94. The summed E-state index contributed by atoms with van der Waals surface area (Å²) >= 11 is 0. The lowest BCUT2D eigenvalue weighted by Crippen LogP contribution is -2.44. The molecule has 3 rings (SSSR count). The smallest absolute Gasteiger partial charge is 0.393 e. The van der Waals surface area contributed by atoms with Crippen LogP contribution in [0.2, 0.25) is 0 Å². The fraction of sp³-hybridized carbons (Fsp3) is 0.588. The number of carbonyl (C=O) groups excluding carboxylic acids is 1. The largest absolute Gasteiger partial charge is 0.489 e. The molecule has 1 amide bonds. The number of nitrogens with zero attached hydrogens (tertiary/aromatic N) is 1. The van der Waals surface area contributed by atoms with Crippen LogP contribution >= 0.6 is 0 Å². The highest BCUT2D eigenvalue weighted by Crippen LogP contribution is 2.41. The quantitative estimate of drug-likeness (QED) is 0.781. The zero-order valence-electron chi connectivity index (χ0n) is 13.2. The Kier molecular flexibility index (Phi) is 4.02. The van der Waals surface area contributed by atoms with E-state index in [0.29, 0.717) is 24.3 Å². The molecular weight excluding hydrogens is 307 g/mol. The number of amides is 1. The first kappa shape index (κ1) is 16.1. The zero-order valence-corrected chi connectivity index (χ0v) is 13.2. The normalized spacial score (nSPS) is 27.5. The summed E-state index contributed by atoms with van der Waals surface area (Å²) in [5.74, 6) is -1.10. The van der Waals surface area contributed by atoms with Gasteiger partial charge < -0.3 is 9.64 Å². The minimum Gasteiger partial charge on any atom is -0.489 e. The third-order valence-corrected chi connectivity index (χ3v) is 4.95. The van der Waals surface area contributed by atoms with Crippen LogP contribution in [-0.2, 0) is 0 Å². The number of likely N-dealkylation sites (tertiary alicyclic amines) is 1. The lowest BCUT2D eigenvalue weighted by Gasteiger charge is -2.34. The molecule has 0 spiro atoms. The van der Waals surface area contributed by atoms with E-state index in [1.165, 1.54) is 4.90 Å². The van der Waals surface area contributed by atoms with E-state index in [1.54, 1.807) is 12.1 Å². The molecule has 0 bridgehead atoms. The average molecular weight is 327 g/mol. The van der Waals surface area contributed by atoms with Crippen molar-refractivity contribution >= 4 is 5.91 Å². The highest BCUT2D eigenvalue weighted by Gasteiger charge is 2.43. The van der Waals surface area contributed by atoms with Gasteiger partial charge in [-0.25, -0.2) is 0 Å². The van der Waals surface area contributed by atoms with Crippen molar-refractivity contribution in [1.29, 1.82) is 0 Å². The van der Waals surface area contributed by atoms with Gasteiger partial charge in [-0.15, -0.1) is 0 Å².